The molecule has 1 aromatic heterocycles. The number of halogens is 1. The van der Waals surface area contributed by atoms with Crippen LogP contribution in [0.15, 0.2) is 36.9 Å². The maximum absolute atomic E-state index is 12.3. The molecule has 6 nitrogen and oxygen atoms in total. The third-order valence-electron chi connectivity index (χ3n) is 5.42. The summed E-state index contributed by atoms with van der Waals surface area (Å²) in [5.74, 6) is 2.34. The quantitative estimate of drug-likeness (QED) is 0.664. The molecule has 3 rings (SSSR count). The van der Waals surface area contributed by atoms with E-state index in [-0.39, 0.29) is 18.3 Å². The van der Waals surface area contributed by atoms with Gasteiger partial charge < -0.3 is 19.4 Å². The maximum Gasteiger partial charge on any atom is 0.220 e. The molecule has 0 aliphatic heterocycles. The zero-order valence-electron chi connectivity index (χ0n) is 17.3. The molecule has 0 atom stereocenters. The number of hydrogen-bond acceptors (Lipinski definition) is 4. The van der Waals surface area contributed by atoms with Crippen LogP contribution in [0.3, 0.4) is 0 Å². The first-order chi connectivity index (χ1) is 13.6. The molecule has 1 heterocycles. The predicted molar refractivity (Wildman–Crippen MR) is 116 cm³/mol. The molecule has 0 saturated heterocycles. The number of imidazole rings is 1. The maximum atomic E-state index is 12.3. The van der Waals surface area contributed by atoms with E-state index < -0.39 is 0 Å². The lowest BCUT2D eigenvalue weighted by Crippen LogP contribution is -2.37. The number of aromatic nitrogens is 2. The van der Waals surface area contributed by atoms with Crippen LogP contribution in [0.25, 0.3) is 0 Å². The Labute approximate surface area is 179 Å². The zero-order valence-corrected chi connectivity index (χ0v) is 18.1. The normalized spacial score (nSPS) is 18.6. The Morgan fingerprint density at radius 1 is 1.24 bits per heavy atom. The number of carbonyl (C=O) groups is 1. The van der Waals surface area contributed by atoms with Gasteiger partial charge in [-0.1, -0.05) is 13.0 Å². The third kappa shape index (κ3) is 7.28. The van der Waals surface area contributed by atoms with Gasteiger partial charge in [-0.05, 0) is 55.7 Å². The van der Waals surface area contributed by atoms with Crippen molar-refractivity contribution in [2.24, 2.45) is 5.92 Å². The Bertz CT molecular complexity index is 744. The van der Waals surface area contributed by atoms with Crippen molar-refractivity contribution in [2.75, 3.05) is 13.7 Å². The molecule has 1 saturated carbocycles. The van der Waals surface area contributed by atoms with Crippen molar-refractivity contribution < 1.29 is 14.3 Å². The molecule has 1 fully saturated rings. The van der Waals surface area contributed by atoms with E-state index in [1.54, 1.807) is 19.6 Å². The van der Waals surface area contributed by atoms with Gasteiger partial charge in [0.15, 0.2) is 11.5 Å². The minimum absolute atomic E-state index is 0. The van der Waals surface area contributed by atoms with Crippen LogP contribution in [0.1, 0.15) is 44.6 Å². The van der Waals surface area contributed by atoms with E-state index in [0.717, 1.165) is 30.9 Å². The van der Waals surface area contributed by atoms with Crippen LogP contribution in [0.5, 0.6) is 11.5 Å². The average molecular weight is 422 g/mol. The van der Waals surface area contributed by atoms with E-state index >= 15 is 0 Å². The summed E-state index contributed by atoms with van der Waals surface area (Å²) < 4.78 is 13.3. The summed E-state index contributed by atoms with van der Waals surface area (Å²) in [6.45, 7) is 3.55. The van der Waals surface area contributed by atoms with Crippen LogP contribution in [-0.2, 0) is 17.8 Å². The van der Waals surface area contributed by atoms with Crippen LogP contribution < -0.4 is 14.8 Å². The minimum Gasteiger partial charge on any atom is -0.493 e. The third-order valence-corrected chi connectivity index (χ3v) is 5.42. The second-order valence-electron chi connectivity index (χ2n) is 7.66. The second-order valence-corrected chi connectivity index (χ2v) is 7.66. The molecule has 7 heteroatoms. The molecular formula is C22H32ClN3O3. The summed E-state index contributed by atoms with van der Waals surface area (Å²) in [6, 6.07) is 6.24. The van der Waals surface area contributed by atoms with Crippen LogP contribution in [0.2, 0.25) is 0 Å². The fraction of sp³-hybridized carbons (Fsp3) is 0.545. The van der Waals surface area contributed by atoms with Crippen LogP contribution in [-0.4, -0.2) is 35.2 Å². The summed E-state index contributed by atoms with van der Waals surface area (Å²) >= 11 is 0. The van der Waals surface area contributed by atoms with Crippen molar-refractivity contribution in [3.63, 3.8) is 0 Å². The first-order valence-corrected chi connectivity index (χ1v) is 10.2. The molecule has 1 aliphatic rings. The number of ether oxygens (including phenoxy) is 2. The smallest absolute Gasteiger partial charge is 0.220 e. The number of nitrogens with zero attached hydrogens (tertiary/aromatic N) is 2. The van der Waals surface area contributed by atoms with E-state index in [2.05, 4.69) is 17.2 Å². The van der Waals surface area contributed by atoms with E-state index in [4.69, 9.17) is 9.47 Å². The van der Waals surface area contributed by atoms with Gasteiger partial charge in [-0.2, -0.15) is 0 Å². The van der Waals surface area contributed by atoms with Crippen molar-refractivity contribution in [3.05, 3.63) is 42.5 Å². The number of rotatable bonds is 9. The van der Waals surface area contributed by atoms with Crippen LogP contribution in [0.4, 0.5) is 0 Å². The van der Waals surface area contributed by atoms with Gasteiger partial charge in [-0.15, -0.1) is 12.4 Å². The Balaban J connectivity index is 0.00000300. The summed E-state index contributed by atoms with van der Waals surface area (Å²) in [7, 11) is 1.64. The minimum atomic E-state index is 0. The molecule has 0 bridgehead atoms. The van der Waals surface area contributed by atoms with Crippen molar-refractivity contribution in [2.45, 2.75) is 58.0 Å². The number of amides is 1. The molecule has 2 aromatic rings. The molecule has 160 valence electrons. The van der Waals surface area contributed by atoms with Crippen molar-refractivity contribution >= 4 is 18.3 Å². The molecule has 0 unspecified atom stereocenters. The molecule has 1 aromatic carbocycles. The highest BCUT2D eigenvalue weighted by Gasteiger charge is 2.19. The number of aryl methyl sites for hydroxylation is 1. The molecule has 0 spiro atoms. The lowest BCUT2D eigenvalue weighted by Gasteiger charge is -2.26. The molecule has 29 heavy (non-hydrogen) atoms. The van der Waals surface area contributed by atoms with Crippen LogP contribution >= 0.6 is 12.4 Å². The molecule has 1 aliphatic carbocycles. The largest absolute Gasteiger partial charge is 0.493 e. The predicted octanol–water partition coefficient (Wildman–Crippen LogP) is 4.02. The van der Waals surface area contributed by atoms with Gasteiger partial charge in [-0.3, -0.25) is 4.79 Å². The van der Waals surface area contributed by atoms with Gasteiger partial charge in [0, 0.05) is 24.9 Å². The van der Waals surface area contributed by atoms with Gasteiger partial charge in [-0.25, -0.2) is 4.98 Å². The summed E-state index contributed by atoms with van der Waals surface area (Å²) in [4.78, 5) is 16.3. The monoisotopic (exact) mass is 421 g/mol. The van der Waals surface area contributed by atoms with Gasteiger partial charge >= 0.3 is 0 Å². The first kappa shape index (κ1) is 23.1. The van der Waals surface area contributed by atoms with E-state index in [9.17, 15) is 4.79 Å². The Morgan fingerprint density at radius 2 is 2.03 bits per heavy atom. The highest BCUT2D eigenvalue weighted by molar-refractivity contribution is 5.85. The number of carbonyl (C=O) groups excluding carboxylic acids is 1. The number of benzene rings is 1. The zero-order chi connectivity index (χ0) is 19.8. The average Bonchev–Trinajstić information content (AvgIpc) is 3.22. The lowest BCUT2D eigenvalue weighted by molar-refractivity contribution is -0.122. The van der Waals surface area contributed by atoms with E-state index in [0.29, 0.717) is 37.0 Å². The molecule has 1 amide bonds. The Hall–Kier alpha value is -2.21. The molecular weight excluding hydrogens is 390 g/mol. The number of methoxy groups -OCH3 is 1. The van der Waals surface area contributed by atoms with Gasteiger partial charge in [0.2, 0.25) is 5.91 Å². The second kappa shape index (κ2) is 11.7. The van der Waals surface area contributed by atoms with E-state index in [1.807, 2.05) is 29.0 Å². The SMILES string of the molecule is COc1cc(CCC(=O)N[C@H]2CC[C@H](C)CC2)ccc1OCCn1ccnc1.Cl. The van der Waals surface area contributed by atoms with Gasteiger partial charge in [0.25, 0.3) is 0 Å². The summed E-state index contributed by atoms with van der Waals surface area (Å²) in [5, 5.41) is 3.19. The highest BCUT2D eigenvalue weighted by Crippen LogP contribution is 2.29. The fourth-order valence-corrected chi connectivity index (χ4v) is 3.63. The number of hydrogen-bond donors (Lipinski definition) is 1. The van der Waals surface area contributed by atoms with Crippen molar-refractivity contribution in [1.82, 2.24) is 14.9 Å². The topological polar surface area (TPSA) is 65.4 Å². The molecule has 0 radical (unpaired) electrons. The molecule has 1 N–H and O–H groups in total. The van der Waals surface area contributed by atoms with Crippen LogP contribution in [0, 0.1) is 5.92 Å². The Morgan fingerprint density at radius 3 is 2.72 bits per heavy atom. The Kier molecular flexibility index (Phi) is 9.32. The summed E-state index contributed by atoms with van der Waals surface area (Å²) in [5.41, 5.74) is 1.08. The van der Waals surface area contributed by atoms with Crippen molar-refractivity contribution in [3.8, 4) is 11.5 Å². The fourth-order valence-electron chi connectivity index (χ4n) is 3.63. The number of nitrogens with one attached hydrogen (secondary N) is 1. The van der Waals surface area contributed by atoms with Gasteiger partial charge in [0.05, 0.1) is 20.0 Å². The summed E-state index contributed by atoms with van der Waals surface area (Å²) in [6.07, 6.45) is 11.2. The highest BCUT2D eigenvalue weighted by atomic mass is 35.5. The lowest BCUT2D eigenvalue weighted by atomic mass is 9.87. The van der Waals surface area contributed by atoms with E-state index in [1.165, 1.54) is 12.8 Å². The van der Waals surface area contributed by atoms with Gasteiger partial charge in [0.1, 0.15) is 6.61 Å². The van der Waals surface area contributed by atoms with Crippen molar-refractivity contribution in [1.29, 1.82) is 0 Å². The first-order valence-electron chi connectivity index (χ1n) is 10.2. The standard InChI is InChI=1S/C22H31N3O3.ClH/c1-17-3-7-19(8-4-17)24-22(26)10-6-18-5-9-20(21(15-18)27-2)28-14-13-25-12-11-23-16-25;/h5,9,11-12,15-17,19H,3-4,6-8,10,13-14H2,1-2H3,(H,24,26);1H/t17-,19-;.